The van der Waals surface area contributed by atoms with Gasteiger partial charge in [-0.3, -0.25) is 15.0 Å². The molecule has 9 heteroatoms. The molecule has 3 heterocycles. The lowest BCUT2D eigenvalue weighted by Gasteiger charge is -2.27. The number of fused-ring (bicyclic) bond motifs is 1. The number of benzene rings is 2. The van der Waals surface area contributed by atoms with Crippen LogP contribution in [0.3, 0.4) is 0 Å². The molecule has 2 amide bonds. The van der Waals surface area contributed by atoms with Crippen molar-refractivity contribution in [3.8, 4) is 11.1 Å². The molecule has 0 radical (unpaired) electrons. The number of carbonyl (C=O) groups excluding carboxylic acids is 2. The van der Waals surface area contributed by atoms with Crippen molar-refractivity contribution in [1.82, 2.24) is 14.5 Å². The molecule has 1 saturated heterocycles. The molecule has 2 aromatic heterocycles. The number of rotatable bonds is 8. The van der Waals surface area contributed by atoms with E-state index < -0.39 is 11.7 Å². The minimum Gasteiger partial charge on any atom is -0.444 e. The topological polar surface area (TPSA) is 97.7 Å². The van der Waals surface area contributed by atoms with E-state index in [9.17, 15) is 9.59 Å². The largest absolute Gasteiger partial charge is 0.444 e. The SMILES string of the molecule is CC(C)(C)OC(=O)Nc1ccc(-c2ccccc2)cc1NC(=O)c1cnc2c(c1)cc(C1CC1)n2CCN1CCOCC1. The van der Waals surface area contributed by atoms with E-state index in [1.807, 2.05) is 69.3 Å². The number of carbonyl (C=O) groups is 2. The van der Waals surface area contributed by atoms with Gasteiger partial charge in [-0.1, -0.05) is 36.4 Å². The highest BCUT2D eigenvalue weighted by molar-refractivity contribution is 6.08. The van der Waals surface area contributed by atoms with E-state index in [0.29, 0.717) is 22.9 Å². The Bertz CT molecular complexity index is 1620. The zero-order valence-electron chi connectivity index (χ0n) is 25.1. The van der Waals surface area contributed by atoms with Gasteiger partial charge in [0, 0.05) is 43.5 Å². The number of amides is 2. The minimum atomic E-state index is -0.656. The van der Waals surface area contributed by atoms with Gasteiger partial charge >= 0.3 is 6.09 Å². The average molecular weight is 582 g/mol. The monoisotopic (exact) mass is 581 g/mol. The summed E-state index contributed by atoms with van der Waals surface area (Å²) in [6.07, 6.45) is 3.42. The molecule has 2 fully saturated rings. The predicted molar refractivity (Wildman–Crippen MR) is 169 cm³/mol. The quantitative estimate of drug-likeness (QED) is 0.246. The molecule has 6 rings (SSSR count). The van der Waals surface area contributed by atoms with E-state index in [4.69, 9.17) is 14.5 Å². The standard InChI is InChI=1S/C34H39N5O4/c1-34(2,3)43-33(41)37-28-12-11-25(23-7-5-4-6-8-23)20-29(28)36-32(40)27-19-26-21-30(24-9-10-24)39(31(26)35-22-27)14-13-38-15-17-42-18-16-38/h4-8,11-12,19-22,24H,9-10,13-18H2,1-3H3,(H,36,40)(H,37,41). The second-order valence-corrected chi connectivity index (χ2v) is 12.3. The molecule has 0 bridgehead atoms. The molecule has 4 aromatic rings. The third-order valence-electron chi connectivity index (χ3n) is 7.78. The van der Waals surface area contributed by atoms with Crippen molar-refractivity contribution >= 4 is 34.4 Å². The van der Waals surface area contributed by atoms with Crippen LogP contribution in [0.1, 0.15) is 55.6 Å². The van der Waals surface area contributed by atoms with Gasteiger partial charge in [0.05, 0.1) is 30.2 Å². The molecule has 1 saturated carbocycles. The highest BCUT2D eigenvalue weighted by Gasteiger charge is 2.29. The van der Waals surface area contributed by atoms with E-state index in [2.05, 4.69) is 26.2 Å². The zero-order chi connectivity index (χ0) is 30.0. The summed E-state index contributed by atoms with van der Waals surface area (Å²) in [5.41, 5.74) is 4.82. The number of nitrogens with zero attached hydrogens (tertiary/aromatic N) is 3. The summed E-state index contributed by atoms with van der Waals surface area (Å²) in [5.74, 6) is 0.249. The van der Waals surface area contributed by atoms with Crippen LogP contribution in [0.25, 0.3) is 22.2 Å². The third-order valence-corrected chi connectivity index (χ3v) is 7.78. The summed E-state index contributed by atoms with van der Waals surface area (Å²) in [4.78, 5) is 33.5. The molecule has 2 aromatic carbocycles. The lowest BCUT2D eigenvalue weighted by atomic mass is 10.0. The van der Waals surface area contributed by atoms with E-state index in [1.54, 1.807) is 12.3 Å². The maximum atomic E-state index is 13.6. The molecule has 2 N–H and O–H groups in total. The van der Waals surface area contributed by atoms with Crippen LogP contribution >= 0.6 is 0 Å². The average Bonchev–Trinajstić information content (AvgIpc) is 3.77. The van der Waals surface area contributed by atoms with Crippen LogP contribution in [0.4, 0.5) is 16.2 Å². The number of pyridine rings is 1. The second-order valence-electron chi connectivity index (χ2n) is 12.3. The Kier molecular flexibility index (Phi) is 8.19. The van der Waals surface area contributed by atoms with Crippen molar-refractivity contribution in [1.29, 1.82) is 0 Å². The Labute approximate surface area is 252 Å². The molecule has 0 spiro atoms. The van der Waals surface area contributed by atoms with Crippen molar-refractivity contribution in [2.75, 3.05) is 43.5 Å². The number of aromatic nitrogens is 2. The Morgan fingerprint density at radius 3 is 2.42 bits per heavy atom. The summed E-state index contributed by atoms with van der Waals surface area (Å²) in [6.45, 7) is 10.7. The van der Waals surface area contributed by atoms with Crippen LogP contribution < -0.4 is 10.6 Å². The van der Waals surface area contributed by atoms with Gasteiger partial charge in [-0.2, -0.15) is 0 Å². The van der Waals surface area contributed by atoms with Crippen molar-refractivity contribution in [2.45, 2.75) is 51.7 Å². The van der Waals surface area contributed by atoms with Crippen LogP contribution in [0.5, 0.6) is 0 Å². The van der Waals surface area contributed by atoms with Crippen LogP contribution in [0.15, 0.2) is 66.9 Å². The highest BCUT2D eigenvalue weighted by Crippen LogP contribution is 2.42. The van der Waals surface area contributed by atoms with Gasteiger partial charge in [0.25, 0.3) is 5.91 Å². The minimum absolute atomic E-state index is 0.305. The number of morpholine rings is 1. The maximum absolute atomic E-state index is 13.6. The second kappa shape index (κ2) is 12.2. The van der Waals surface area contributed by atoms with Gasteiger partial charge in [-0.15, -0.1) is 0 Å². The van der Waals surface area contributed by atoms with Crippen LogP contribution in [-0.4, -0.2) is 64.9 Å². The first-order chi connectivity index (χ1) is 20.7. The maximum Gasteiger partial charge on any atom is 0.412 e. The lowest BCUT2D eigenvalue weighted by Crippen LogP contribution is -2.38. The molecule has 43 heavy (non-hydrogen) atoms. The Hall–Kier alpha value is -4.21. The Morgan fingerprint density at radius 1 is 0.930 bits per heavy atom. The number of nitrogens with one attached hydrogen (secondary N) is 2. The van der Waals surface area contributed by atoms with Crippen LogP contribution in [-0.2, 0) is 16.0 Å². The van der Waals surface area contributed by atoms with Crippen LogP contribution in [0.2, 0.25) is 0 Å². The molecule has 0 atom stereocenters. The molecule has 224 valence electrons. The third kappa shape index (κ3) is 7.06. The number of ether oxygens (including phenoxy) is 2. The molecule has 9 nitrogen and oxygen atoms in total. The van der Waals surface area contributed by atoms with Gasteiger partial charge in [0.1, 0.15) is 11.2 Å². The van der Waals surface area contributed by atoms with Gasteiger partial charge in [-0.05, 0) is 74.9 Å². The van der Waals surface area contributed by atoms with E-state index in [0.717, 1.165) is 61.6 Å². The summed E-state index contributed by atoms with van der Waals surface area (Å²) in [7, 11) is 0. The first-order valence-corrected chi connectivity index (χ1v) is 15.0. The first kappa shape index (κ1) is 28.9. The molecule has 1 aliphatic heterocycles. The molecular formula is C34H39N5O4. The fourth-order valence-electron chi connectivity index (χ4n) is 5.48. The molecule has 1 aliphatic carbocycles. The van der Waals surface area contributed by atoms with E-state index in [-0.39, 0.29) is 5.91 Å². The zero-order valence-corrected chi connectivity index (χ0v) is 25.1. The normalized spacial score (nSPS) is 15.8. The molecule has 2 aliphatic rings. The van der Waals surface area contributed by atoms with Crippen molar-refractivity contribution < 1.29 is 19.1 Å². The number of hydrogen-bond acceptors (Lipinski definition) is 6. The van der Waals surface area contributed by atoms with Crippen LogP contribution in [0, 0.1) is 0 Å². The fourth-order valence-corrected chi connectivity index (χ4v) is 5.48. The smallest absolute Gasteiger partial charge is 0.412 e. The van der Waals surface area contributed by atoms with Crippen molar-refractivity contribution in [3.05, 3.63) is 78.1 Å². The van der Waals surface area contributed by atoms with Gasteiger partial charge in [-0.25, -0.2) is 9.78 Å². The van der Waals surface area contributed by atoms with Gasteiger partial charge < -0.3 is 19.4 Å². The van der Waals surface area contributed by atoms with Crippen molar-refractivity contribution in [3.63, 3.8) is 0 Å². The summed E-state index contributed by atoms with van der Waals surface area (Å²) in [6, 6.07) is 19.5. The fraction of sp³-hybridized carbons (Fsp3) is 0.382. The highest BCUT2D eigenvalue weighted by atomic mass is 16.6. The number of hydrogen-bond donors (Lipinski definition) is 2. The summed E-state index contributed by atoms with van der Waals surface area (Å²) < 4.78 is 13.3. The van der Waals surface area contributed by atoms with Gasteiger partial charge in [0.2, 0.25) is 0 Å². The van der Waals surface area contributed by atoms with E-state index in [1.165, 1.54) is 18.5 Å². The number of anilines is 2. The van der Waals surface area contributed by atoms with Gasteiger partial charge in [0.15, 0.2) is 0 Å². The lowest BCUT2D eigenvalue weighted by molar-refractivity contribution is 0.0364. The predicted octanol–water partition coefficient (Wildman–Crippen LogP) is 6.51. The van der Waals surface area contributed by atoms with Crippen molar-refractivity contribution in [2.24, 2.45) is 0 Å². The summed E-state index contributed by atoms with van der Waals surface area (Å²) >= 11 is 0. The molecular weight excluding hydrogens is 542 g/mol. The van der Waals surface area contributed by atoms with E-state index >= 15 is 0 Å². The Balaban J connectivity index is 1.26. The summed E-state index contributed by atoms with van der Waals surface area (Å²) in [5, 5.41) is 6.78. The Morgan fingerprint density at radius 2 is 1.70 bits per heavy atom. The first-order valence-electron chi connectivity index (χ1n) is 15.0. The molecule has 0 unspecified atom stereocenters.